The van der Waals surface area contributed by atoms with Gasteiger partial charge in [-0.3, -0.25) is 4.89 Å². The third-order valence-electron chi connectivity index (χ3n) is 0.561. The summed E-state index contributed by atoms with van der Waals surface area (Å²) in [7, 11) is 0. The minimum Gasteiger partial charge on any atom is -0.295 e. The molecule has 0 rings (SSSR count). The van der Waals surface area contributed by atoms with Crippen molar-refractivity contribution in [3.8, 4) is 0 Å². The Hall–Kier alpha value is -0.650. The number of rotatable bonds is 3. The molecule has 0 fully saturated rings. The van der Waals surface area contributed by atoms with Crippen molar-refractivity contribution < 1.29 is 24.7 Å². The van der Waals surface area contributed by atoms with Crippen LogP contribution in [0.4, 0.5) is 0 Å². The number of hydrogen-bond acceptors (Lipinski definition) is 4. The third-order valence-corrected chi connectivity index (χ3v) is 0.561. The molecule has 65 valence electrons. The van der Waals surface area contributed by atoms with Crippen LogP contribution in [-0.2, 0) is 24.7 Å². The normalized spacial score (nSPS) is 11.3. The number of carbonyl (C=O) groups excluding carboxylic acids is 1. The average Bonchev–Trinajstić information content (AvgIpc) is 1.83. The zero-order chi connectivity index (χ0) is 8.91. The highest BCUT2D eigenvalue weighted by Gasteiger charge is 2.15. The van der Waals surface area contributed by atoms with Gasteiger partial charge in [-0.05, 0) is 26.0 Å². The Balaban J connectivity index is 3.46. The summed E-state index contributed by atoms with van der Waals surface area (Å²) in [5.41, 5.74) is -0.571. The first-order chi connectivity index (χ1) is 4.95. The summed E-state index contributed by atoms with van der Waals surface area (Å²) in [6.45, 7) is 4.48. The molecule has 0 aliphatic heterocycles. The Morgan fingerprint density at radius 2 is 1.91 bits per heavy atom. The highest BCUT2D eigenvalue weighted by Crippen LogP contribution is 2.06. The van der Waals surface area contributed by atoms with E-state index in [0.29, 0.717) is 0 Å². The van der Waals surface area contributed by atoms with Crippen LogP contribution in [0.2, 0.25) is 0 Å². The molecule has 0 N–H and O–H groups in total. The van der Waals surface area contributed by atoms with Crippen LogP contribution in [0.1, 0.15) is 20.8 Å². The highest BCUT2D eigenvalue weighted by molar-refractivity contribution is 5.69. The molecule has 0 spiro atoms. The maximum atomic E-state index is 10.4. The number of hydrogen-bond donors (Lipinski definition) is 0. The van der Waals surface area contributed by atoms with Crippen molar-refractivity contribution in [1.82, 2.24) is 0 Å². The summed E-state index contributed by atoms with van der Waals surface area (Å²) in [5, 5.41) is 9.41. The second-order valence-corrected chi connectivity index (χ2v) is 2.91. The summed E-state index contributed by atoms with van der Waals surface area (Å²) in [5.74, 6) is -0.838. The second kappa shape index (κ2) is 4.27. The first kappa shape index (κ1) is 10.3. The molecule has 0 amide bonds. The van der Waals surface area contributed by atoms with Gasteiger partial charge in [-0.15, -0.1) is 0 Å². The van der Waals surface area contributed by atoms with Gasteiger partial charge < -0.3 is 0 Å². The van der Waals surface area contributed by atoms with Gasteiger partial charge in [0, 0.05) is 0 Å². The largest absolute Gasteiger partial charge is 0.371 e. The summed E-state index contributed by atoms with van der Waals surface area (Å²) < 4.78 is 0. The lowest BCUT2D eigenvalue weighted by molar-refractivity contribution is -0.343. The van der Waals surface area contributed by atoms with Crippen molar-refractivity contribution >= 4 is 5.97 Å². The van der Waals surface area contributed by atoms with Gasteiger partial charge in [-0.25, -0.2) is 4.79 Å². The van der Waals surface area contributed by atoms with E-state index in [4.69, 9.17) is 0 Å². The molecule has 0 aromatic carbocycles. The lowest BCUT2D eigenvalue weighted by Gasteiger charge is -2.15. The molecular formula is C6H11O5. The fourth-order valence-corrected chi connectivity index (χ4v) is 0.244. The molecule has 0 aliphatic carbocycles. The predicted molar refractivity (Wildman–Crippen MR) is 33.6 cm³/mol. The molecule has 0 unspecified atom stereocenters. The van der Waals surface area contributed by atoms with Crippen molar-refractivity contribution in [2.45, 2.75) is 26.4 Å². The minimum absolute atomic E-state index is 0.571. The van der Waals surface area contributed by atoms with E-state index in [1.54, 1.807) is 20.8 Å². The van der Waals surface area contributed by atoms with Gasteiger partial charge in [0.1, 0.15) is 5.60 Å². The van der Waals surface area contributed by atoms with Crippen LogP contribution < -0.4 is 0 Å². The Morgan fingerprint density at radius 1 is 1.36 bits per heavy atom. The van der Waals surface area contributed by atoms with E-state index >= 15 is 0 Å². The first-order valence-electron chi connectivity index (χ1n) is 3.09. The molecule has 5 heteroatoms. The van der Waals surface area contributed by atoms with E-state index < -0.39 is 18.2 Å². The number of carbonyl (C=O) groups is 1. The van der Waals surface area contributed by atoms with Crippen molar-refractivity contribution in [2.75, 3.05) is 6.61 Å². The quantitative estimate of drug-likeness (QED) is 0.452. The van der Waals surface area contributed by atoms with Gasteiger partial charge in [0.05, 0.1) is 0 Å². The summed E-state index contributed by atoms with van der Waals surface area (Å²) in [6.07, 6.45) is 0. The van der Waals surface area contributed by atoms with Crippen molar-refractivity contribution in [3.05, 3.63) is 0 Å². The molecule has 0 aromatic rings. The molecule has 0 saturated heterocycles. The molecule has 1 radical (unpaired) electrons. The molecular weight excluding hydrogens is 152 g/mol. The van der Waals surface area contributed by atoms with Crippen LogP contribution in [0, 0.1) is 0 Å². The fourth-order valence-electron chi connectivity index (χ4n) is 0.244. The first-order valence-corrected chi connectivity index (χ1v) is 3.09. The Labute approximate surface area is 64.7 Å². The lowest BCUT2D eigenvalue weighted by atomic mass is 10.2. The Morgan fingerprint density at radius 3 is 2.27 bits per heavy atom. The van der Waals surface area contributed by atoms with Crippen molar-refractivity contribution in [2.24, 2.45) is 0 Å². The molecule has 0 bridgehead atoms. The molecule has 5 nitrogen and oxygen atoms in total. The monoisotopic (exact) mass is 163 g/mol. The lowest BCUT2D eigenvalue weighted by Crippen LogP contribution is -2.23. The maximum Gasteiger partial charge on any atom is 0.371 e. The molecule has 0 saturated carbocycles. The van der Waals surface area contributed by atoms with Crippen molar-refractivity contribution in [1.29, 1.82) is 0 Å². The molecule has 0 aliphatic rings. The minimum atomic E-state index is -0.838. The SMILES string of the molecule is CC(C)(C)OOC(=O)CO[O]. The van der Waals surface area contributed by atoms with Crippen LogP contribution in [0.25, 0.3) is 0 Å². The van der Waals surface area contributed by atoms with E-state index in [0.717, 1.165) is 0 Å². The van der Waals surface area contributed by atoms with E-state index in [-0.39, 0.29) is 0 Å². The predicted octanol–water partition coefficient (Wildman–Crippen LogP) is 0.622. The summed E-state index contributed by atoms with van der Waals surface area (Å²) in [4.78, 5) is 22.4. The van der Waals surface area contributed by atoms with Gasteiger partial charge in [0.2, 0.25) is 0 Å². The van der Waals surface area contributed by atoms with Crippen LogP contribution in [-0.4, -0.2) is 18.2 Å². The van der Waals surface area contributed by atoms with Crippen LogP contribution >= 0.6 is 0 Å². The van der Waals surface area contributed by atoms with Gasteiger partial charge in [-0.2, -0.15) is 9.78 Å². The van der Waals surface area contributed by atoms with E-state index in [2.05, 4.69) is 14.7 Å². The van der Waals surface area contributed by atoms with E-state index in [1.165, 1.54) is 0 Å². The standard InChI is InChI=1S/C6H11O5/c1-6(2,3)11-10-5(7)4-9-8/h4H2,1-3H3. The molecule has 0 aromatic heterocycles. The van der Waals surface area contributed by atoms with Gasteiger partial charge in [0.15, 0.2) is 6.61 Å². The van der Waals surface area contributed by atoms with Gasteiger partial charge in [0.25, 0.3) is 0 Å². The topological polar surface area (TPSA) is 64.7 Å². The van der Waals surface area contributed by atoms with Crippen LogP contribution in [0.3, 0.4) is 0 Å². The Kier molecular flexibility index (Phi) is 4.02. The fraction of sp³-hybridized carbons (Fsp3) is 0.833. The van der Waals surface area contributed by atoms with E-state index in [9.17, 15) is 10.1 Å². The zero-order valence-corrected chi connectivity index (χ0v) is 6.75. The maximum absolute atomic E-state index is 10.4. The Bertz CT molecular complexity index is 125. The highest BCUT2D eigenvalue weighted by atomic mass is 17.2. The van der Waals surface area contributed by atoms with Crippen LogP contribution in [0.5, 0.6) is 0 Å². The molecule has 11 heavy (non-hydrogen) atoms. The van der Waals surface area contributed by atoms with Crippen molar-refractivity contribution in [3.63, 3.8) is 0 Å². The average molecular weight is 163 g/mol. The molecule has 0 atom stereocenters. The van der Waals surface area contributed by atoms with Crippen LogP contribution in [0.15, 0.2) is 0 Å². The summed E-state index contributed by atoms with van der Waals surface area (Å²) >= 11 is 0. The molecule has 0 heterocycles. The van der Waals surface area contributed by atoms with Gasteiger partial charge in [-0.1, -0.05) is 0 Å². The second-order valence-electron chi connectivity index (χ2n) is 2.91. The summed E-state index contributed by atoms with van der Waals surface area (Å²) in [6, 6.07) is 0. The van der Waals surface area contributed by atoms with Gasteiger partial charge >= 0.3 is 5.97 Å². The zero-order valence-electron chi connectivity index (χ0n) is 6.75. The smallest absolute Gasteiger partial charge is 0.295 e. The third kappa shape index (κ3) is 7.24. The van der Waals surface area contributed by atoms with E-state index in [1.807, 2.05) is 0 Å².